The monoisotopic (exact) mass is 258 g/mol. The van der Waals surface area contributed by atoms with Gasteiger partial charge < -0.3 is 15.0 Å². The summed E-state index contributed by atoms with van der Waals surface area (Å²) >= 11 is 0. The normalized spacial score (nSPS) is 14.6. The number of rotatable bonds is 10. The van der Waals surface area contributed by atoms with E-state index in [1.165, 1.54) is 20.0 Å². The van der Waals surface area contributed by atoms with Gasteiger partial charge in [-0.25, -0.2) is 0 Å². The summed E-state index contributed by atoms with van der Waals surface area (Å²) in [6.07, 6.45) is 4.27. The molecule has 0 saturated heterocycles. The first kappa shape index (κ1) is 17.4. The lowest BCUT2D eigenvalue weighted by atomic mass is 9.95. The predicted molar refractivity (Wildman–Crippen MR) is 75.7 cm³/mol. The highest BCUT2D eigenvalue weighted by atomic mass is 16.5. The first-order chi connectivity index (χ1) is 8.50. The molecule has 0 saturated carbocycles. The first-order valence-electron chi connectivity index (χ1n) is 7.02. The molecule has 1 N–H and O–H groups in total. The van der Waals surface area contributed by atoms with Crippen LogP contribution in [0.4, 0.5) is 0 Å². The van der Waals surface area contributed by atoms with Gasteiger partial charge in [-0.15, -0.1) is 0 Å². The quantitative estimate of drug-likeness (QED) is 0.609. The average Bonchev–Trinajstić information content (AvgIpc) is 2.35. The molecule has 0 aliphatic rings. The van der Waals surface area contributed by atoms with Crippen LogP contribution < -0.4 is 5.32 Å². The van der Waals surface area contributed by atoms with Crippen molar-refractivity contribution in [2.75, 3.05) is 33.8 Å². The highest BCUT2D eigenvalue weighted by Gasteiger charge is 2.32. The third kappa shape index (κ3) is 6.36. The van der Waals surface area contributed by atoms with Gasteiger partial charge in [-0.3, -0.25) is 4.79 Å². The Morgan fingerprint density at radius 1 is 1.28 bits per heavy atom. The number of unbranched alkanes of at least 4 members (excludes halogenated alkanes) is 1. The largest absolute Gasteiger partial charge is 0.468 e. The van der Waals surface area contributed by atoms with Gasteiger partial charge in [-0.05, 0) is 52.9 Å². The van der Waals surface area contributed by atoms with Crippen molar-refractivity contribution in [2.24, 2.45) is 0 Å². The van der Waals surface area contributed by atoms with Crippen LogP contribution in [0.15, 0.2) is 0 Å². The Kier molecular flexibility index (Phi) is 9.02. The molecule has 0 aromatic heterocycles. The van der Waals surface area contributed by atoms with Crippen molar-refractivity contribution >= 4 is 5.97 Å². The smallest absolute Gasteiger partial charge is 0.325 e. The highest BCUT2D eigenvalue weighted by molar-refractivity contribution is 5.80. The van der Waals surface area contributed by atoms with E-state index in [1.807, 2.05) is 13.8 Å². The SMILES string of the molecule is CCCCN(C)CCCC(C)(NCC)C(=O)OC. The van der Waals surface area contributed by atoms with Crippen LogP contribution in [-0.2, 0) is 9.53 Å². The maximum Gasteiger partial charge on any atom is 0.325 e. The van der Waals surface area contributed by atoms with E-state index < -0.39 is 5.54 Å². The van der Waals surface area contributed by atoms with Gasteiger partial charge in [0, 0.05) is 0 Å². The van der Waals surface area contributed by atoms with Crippen LogP contribution in [0.1, 0.15) is 46.5 Å². The van der Waals surface area contributed by atoms with Gasteiger partial charge in [-0.2, -0.15) is 0 Å². The van der Waals surface area contributed by atoms with E-state index in [9.17, 15) is 4.79 Å². The van der Waals surface area contributed by atoms with Crippen molar-refractivity contribution in [2.45, 2.75) is 52.0 Å². The number of hydrogen-bond acceptors (Lipinski definition) is 4. The fraction of sp³-hybridized carbons (Fsp3) is 0.929. The molecule has 0 aromatic rings. The lowest BCUT2D eigenvalue weighted by Gasteiger charge is -2.28. The average molecular weight is 258 g/mol. The molecule has 0 bridgehead atoms. The zero-order valence-corrected chi connectivity index (χ0v) is 12.7. The Hall–Kier alpha value is -0.610. The minimum absolute atomic E-state index is 0.166. The lowest BCUT2D eigenvalue weighted by molar-refractivity contribution is -0.148. The van der Waals surface area contributed by atoms with E-state index in [0.717, 1.165) is 32.5 Å². The molecule has 0 fully saturated rings. The summed E-state index contributed by atoms with van der Waals surface area (Å²) < 4.78 is 4.88. The first-order valence-corrected chi connectivity index (χ1v) is 7.02. The topological polar surface area (TPSA) is 41.6 Å². The standard InChI is InChI=1S/C14H30N2O2/c1-6-8-11-16(4)12-9-10-14(3,15-7-2)13(17)18-5/h15H,6-12H2,1-5H3. The van der Waals surface area contributed by atoms with E-state index in [1.54, 1.807) is 0 Å². The molecule has 0 radical (unpaired) electrons. The van der Waals surface area contributed by atoms with Crippen LogP contribution in [0, 0.1) is 0 Å². The van der Waals surface area contributed by atoms with E-state index in [0.29, 0.717) is 0 Å². The van der Waals surface area contributed by atoms with Gasteiger partial charge in [0.2, 0.25) is 0 Å². The maximum absolute atomic E-state index is 11.8. The number of esters is 1. The number of nitrogens with one attached hydrogen (secondary N) is 1. The molecule has 1 unspecified atom stereocenters. The van der Waals surface area contributed by atoms with E-state index in [4.69, 9.17) is 4.74 Å². The molecular weight excluding hydrogens is 228 g/mol. The molecule has 4 nitrogen and oxygen atoms in total. The van der Waals surface area contributed by atoms with Crippen LogP contribution >= 0.6 is 0 Å². The Labute approximate surface area is 112 Å². The van der Waals surface area contributed by atoms with Crippen LogP contribution in [0.5, 0.6) is 0 Å². The third-order valence-corrected chi connectivity index (χ3v) is 3.31. The Morgan fingerprint density at radius 2 is 1.89 bits per heavy atom. The Balaban J connectivity index is 4.08. The number of carbonyl (C=O) groups is 1. The summed E-state index contributed by atoms with van der Waals surface area (Å²) in [5.74, 6) is -0.166. The van der Waals surface area contributed by atoms with Crippen molar-refractivity contribution < 1.29 is 9.53 Å². The van der Waals surface area contributed by atoms with Crippen LogP contribution in [-0.4, -0.2) is 50.2 Å². The zero-order chi connectivity index (χ0) is 14.0. The molecule has 0 heterocycles. The van der Waals surface area contributed by atoms with Crippen molar-refractivity contribution in [3.8, 4) is 0 Å². The van der Waals surface area contributed by atoms with Gasteiger partial charge in [0.15, 0.2) is 0 Å². The number of nitrogens with zero attached hydrogens (tertiary/aromatic N) is 1. The van der Waals surface area contributed by atoms with E-state index in [2.05, 4.69) is 24.2 Å². The molecule has 0 aromatic carbocycles. The fourth-order valence-corrected chi connectivity index (χ4v) is 2.12. The van der Waals surface area contributed by atoms with Crippen LogP contribution in [0.25, 0.3) is 0 Å². The fourth-order valence-electron chi connectivity index (χ4n) is 2.12. The van der Waals surface area contributed by atoms with Crippen LogP contribution in [0.2, 0.25) is 0 Å². The molecule has 1 atom stereocenters. The third-order valence-electron chi connectivity index (χ3n) is 3.31. The Bertz CT molecular complexity index is 234. The van der Waals surface area contributed by atoms with Crippen LogP contribution in [0.3, 0.4) is 0 Å². The summed E-state index contributed by atoms with van der Waals surface area (Å²) in [7, 11) is 3.59. The molecule has 18 heavy (non-hydrogen) atoms. The van der Waals surface area contributed by atoms with Crippen molar-refractivity contribution in [3.63, 3.8) is 0 Å². The minimum atomic E-state index is -0.547. The highest BCUT2D eigenvalue weighted by Crippen LogP contribution is 2.14. The number of ether oxygens (including phenoxy) is 1. The number of methoxy groups -OCH3 is 1. The predicted octanol–water partition coefficient (Wildman–Crippen LogP) is 2.04. The molecule has 0 spiro atoms. The number of likely N-dealkylation sites (N-methyl/N-ethyl adjacent to an activating group) is 1. The molecule has 4 heteroatoms. The van der Waals surface area contributed by atoms with E-state index in [-0.39, 0.29) is 5.97 Å². The second-order valence-corrected chi connectivity index (χ2v) is 5.11. The van der Waals surface area contributed by atoms with Gasteiger partial charge in [-0.1, -0.05) is 20.3 Å². The molecule has 0 aliphatic heterocycles. The van der Waals surface area contributed by atoms with Crippen molar-refractivity contribution in [1.82, 2.24) is 10.2 Å². The number of carbonyl (C=O) groups excluding carboxylic acids is 1. The summed E-state index contributed by atoms with van der Waals surface area (Å²) in [6, 6.07) is 0. The van der Waals surface area contributed by atoms with Crippen molar-refractivity contribution in [1.29, 1.82) is 0 Å². The van der Waals surface area contributed by atoms with E-state index >= 15 is 0 Å². The molecule has 108 valence electrons. The Morgan fingerprint density at radius 3 is 2.39 bits per heavy atom. The molecule has 0 rings (SSSR count). The van der Waals surface area contributed by atoms with Gasteiger partial charge >= 0.3 is 5.97 Å². The molecule has 0 amide bonds. The summed E-state index contributed by atoms with van der Waals surface area (Å²) in [5, 5.41) is 3.23. The van der Waals surface area contributed by atoms with Gasteiger partial charge in [0.25, 0.3) is 0 Å². The second-order valence-electron chi connectivity index (χ2n) is 5.11. The van der Waals surface area contributed by atoms with Gasteiger partial charge in [0.1, 0.15) is 5.54 Å². The summed E-state index contributed by atoms with van der Waals surface area (Å²) in [5.41, 5.74) is -0.547. The molecule has 0 aliphatic carbocycles. The maximum atomic E-state index is 11.8. The minimum Gasteiger partial charge on any atom is -0.468 e. The zero-order valence-electron chi connectivity index (χ0n) is 12.7. The second kappa shape index (κ2) is 9.34. The summed E-state index contributed by atoms with van der Waals surface area (Å²) in [6.45, 7) is 9.07. The molecular formula is C14H30N2O2. The summed E-state index contributed by atoms with van der Waals surface area (Å²) in [4.78, 5) is 14.1. The van der Waals surface area contributed by atoms with Gasteiger partial charge in [0.05, 0.1) is 7.11 Å². The van der Waals surface area contributed by atoms with Crippen molar-refractivity contribution in [3.05, 3.63) is 0 Å². The lowest BCUT2D eigenvalue weighted by Crippen LogP contribution is -2.50. The number of hydrogen-bond donors (Lipinski definition) is 1.